The predicted molar refractivity (Wildman–Crippen MR) is 353 cm³/mol. The Morgan fingerprint density at radius 2 is 0.481 bits per heavy atom. The fraction of sp³-hybridized carbons (Fsp3) is 0.773. The van der Waals surface area contributed by atoms with E-state index in [1.807, 2.05) is 0 Å². The molecule has 0 aliphatic carbocycles. The highest BCUT2D eigenvalue weighted by Crippen LogP contribution is 2.18. The van der Waals surface area contributed by atoms with Gasteiger partial charge in [0.05, 0.1) is 0 Å². The van der Waals surface area contributed by atoms with E-state index in [0.717, 1.165) is 116 Å². The van der Waals surface area contributed by atoms with E-state index < -0.39 is 6.10 Å². The third-order valence-electron chi connectivity index (χ3n) is 15.4. The fourth-order valence-electron chi connectivity index (χ4n) is 10.2. The van der Waals surface area contributed by atoms with Crippen molar-refractivity contribution < 1.29 is 28.6 Å². The van der Waals surface area contributed by atoms with Crippen LogP contribution in [0.3, 0.4) is 0 Å². The summed E-state index contributed by atoms with van der Waals surface area (Å²) in [6.45, 7) is 6.55. The minimum absolute atomic E-state index is 0.0867. The van der Waals surface area contributed by atoms with Gasteiger partial charge in [0.15, 0.2) is 6.10 Å². The molecule has 6 heteroatoms. The Morgan fingerprint density at radius 3 is 0.765 bits per heavy atom. The normalized spacial score (nSPS) is 12.6. The second-order valence-corrected chi connectivity index (χ2v) is 23.4. The molecule has 0 fully saturated rings. The van der Waals surface area contributed by atoms with Gasteiger partial charge in [-0.2, -0.15) is 0 Å². The van der Waals surface area contributed by atoms with E-state index in [2.05, 4.69) is 106 Å². The molecule has 0 bridgehead atoms. The molecule has 0 aromatic heterocycles. The van der Waals surface area contributed by atoms with Gasteiger partial charge in [0.2, 0.25) is 0 Å². The first-order chi connectivity index (χ1) is 40.0. The second-order valence-electron chi connectivity index (χ2n) is 23.4. The molecule has 0 aromatic carbocycles. The quantitative estimate of drug-likeness (QED) is 0.0261. The van der Waals surface area contributed by atoms with E-state index in [9.17, 15) is 14.4 Å². The summed E-state index contributed by atoms with van der Waals surface area (Å²) in [4.78, 5) is 38.4. The van der Waals surface area contributed by atoms with Crippen molar-refractivity contribution in [1.82, 2.24) is 0 Å². The SMILES string of the molecule is CC/C=C\C/C=C\C/C=C\C/C=C\C/C=C\C/C=C\CCCCCCC(=O)OC(COC(=O)CCCCCCC/C=C\CCCCCCCC)COC(=O)CCCCCCCCCCCCCCCCCCCCCCCCCCC. The number of ether oxygens (including phenoxy) is 3. The van der Waals surface area contributed by atoms with Gasteiger partial charge in [0.1, 0.15) is 13.2 Å². The van der Waals surface area contributed by atoms with Gasteiger partial charge < -0.3 is 14.2 Å². The molecule has 0 aliphatic heterocycles. The van der Waals surface area contributed by atoms with E-state index in [0.29, 0.717) is 19.3 Å². The highest BCUT2D eigenvalue weighted by atomic mass is 16.6. The molecular formula is C75H132O6. The molecule has 81 heavy (non-hydrogen) atoms. The molecule has 0 N–H and O–H groups in total. The van der Waals surface area contributed by atoms with E-state index >= 15 is 0 Å². The van der Waals surface area contributed by atoms with Crippen molar-refractivity contribution in [2.24, 2.45) is 0 Å². The number of hydrogen-bond donors (Lipinski definition) is 0. The largest absolute Gasteiger partial charge is 0.462 e. The lowest BCUT2D eigenvalue weighted by Crippen LogP contribution is -2.30. The number of carbonyl (C=O) groups is 3. The molecule has 0 saturated heterocycles. The zero-order chi connectivity index (χ0) is 58.5. The number of unbranched alkanes of at least 4 members (excludes halogenated alkanes) is 39. The molecule has 1 unspecified atom stereocenters. The van der Waals surface area contributed by atoms with Crippen LogP contribution in [0.25, 0.3) is 0 Å². The van der Waals surface area contributed by atoms with Crippen LogP contribution in [-0.4, -0.2) is 37.2 Å². The van der Waals surface area contributed by atoms with Crippen LogP contribution >= 0.6 is 0 Å². The van der Waals surface area contributed by atoms with Crippen molar-refractivity contribution in [1.29, 1.82) is 0 Å². The zero-order valence-electron chi connectivity index (χ0n) is 53.8. The third kappa shape index (κ3) is 67.3. The van der Waals surface area contributed by atoms with Gasteiger partial charge >= 0.3 is 17.9 Å². The summed E-state index contributed by atoms with van der Waals surface area (Å²) in [5.41, 5.74) is 0. The summed E-state index contributed by atoms with van der Waals surface area (Å²) in [6, 6.07) is 0. The lowest BCUT2D eigenvalue weighted by Gasteiger charge is -2.18. The monoisotopic (exact) mass is 1130 g/mol. The summed E-state index contributed by atoms with van der Waals surface area (Å²) in [5, 5.41) is 0. The minimum Gasteiger partial charge on any atom is -0.462 e. The zero-order valence-corrected chi connectivity index (χ0v) is 53.8. The Kier molecular flexibility index (Phi) is 66.2. The van der Waals surface area contributed by atoms with Gasteiger partial charge in [-0.25, -0.2) is 0 Å². The van der Waals surface area contributed by atoms with Crippen LogP contribution in [0.5, 0.6) is 0 Å². The van der Waals surface area contributed by atoms with Gasteiger partial charge in [0, 0.05) is 19.3 Å². The number of esters is 3. The third-order valence-corrected chi connectivity index (χ3v) is 15.4. The Hall–Kier alpha value is -3.41. The topological polar surface area (TPSA) is 78.9 Å². The number of hydrogen-bond acceptors (Lipinski definition) is 6. The van der Waals surface area contributed by atoms with Crippen molar-refractivity contribution in [2.75, 3.05) is 13.2 Å². The van der Waals surface area contributed by atoms with Gasteiger partial charge in [-0.15, -0.1) is 0 Å². The lowest BCUT2D eigenvalue weighted by atomic mass is 10.0. The van der Waals surface area contributed by atoms with E-state index in [1.54, 1.807) is 0 Å². The maximum atomic E-state index is 12.9. The maximum Gasteiger partial charge on any atom is 0.306 e. The van der Waals surface area contributed by atoms with Crippen LogP contribution in [0.4, 0.5) is 0 Å². The Morgan fingerprint density at radius 1 is 0.259 bits per heavy atom. The maximum absolute atomic E-state index is 12.9. The molecule has 0 aliphatic rings. The van der Waals surface area contributed by atoms with E-state index in [-0.39, 0.29) is 31.1 Å². The lowest BCUT2D eigenvalue weighted by molar-refractivity contribution is -0.167. The van der Waals surface area contributed by atoms with Crippen molar-refractivity contribution in [3.05, 3.63) is 85.1 Å². The van der Waals surface area contributed by atoms with Crippen LogP contribution in [0, 0.1) is 0 Å². The molecule has 468 valence electrons. The Bertz CT molecular complexity index is 1530. The first-order valence-electron chi connectivity index (χ1n) is 35.1. The molecule has 0 heterocycles. The van der Waals surface area contributed by atoms with Crippen molar-refractivity contribution >= 4 is 17.9 Å². The van der Waals surface area contributed by atoms with Gasteiger partial charge in [0.25, 0.3) is 0 Å². The van der Waals surface area contributed by atoms with Crippen LogP contribution in [0.2, 0.25) is 0 Å². The Labute approximate surface area is 503 Å². The first kappa shape index (κ1) is 77.6. The van der Waals surface area contributed by atoms with Crippen LogP contribution < -0.4 is 0 Å². The molecule has 0 rings (SSSR count). The van der Waals surface area contributed by atoms with Gasteiger partial charge in [-0.1, -0.05) is 324 Å². The molecule has 0 spiro atoms. The first-order valence-corrected chi connectivity index (χ1v) is 35.1. The minimum atomic E-state index is -0.795. The van der Waals surface area contributed by atoms with Crippen molar-refractivity contribution in [3.8, 4) is 0 Å². The molecule has 6 nitrogen and oxygen atoms in total. The smallest absolute Gasteiger partial charge is 0.306 e. The van der Waals surface area contributed by atoms with Crippen molar-refractivity contribution in [2.45, 2.75) is 361 Å². The fourth-order valence-corrected chi connectivity index (χ4v) is 10.2. The summed E-state index contributed by atoms with van der Waals surface area (Å²) >= 11 is 0. The molecule has 1 atom stereocenters. The van der Waals surface area contributed by atoms with Gasteiger partial charge in [-0.3, -0.25) is 14.4 Å². The standard InChI is InChI=1S/C75H132O6/c1-4-7-10-13-16-19-22-25-28-30-32-34-36-37-39-40-42-44-47-50-53-56-59-62-65-68-74(77)80-71-72(70-79-73(76)67-64-61-58-55-52-49-46-27-24-21-18-15-12-9-6-3)81-75(78)69-66-63-60-57-54-51-48-45-43-41-38-35-33-31-29-26-23-20-17-14-11-8-5-2/h8,11,17,20,26-27,29,33,35,41,43,46,48,51,72H,4-7,9-10,12-16,18-19,21-25,28,30-32,34,36-40,42,44-45,47,49-50,52-71H2,1-3H3/b11-8-,20-17-,29-26-,35-33-,43-41-,46-27-,51-48-. The van der Waals surface area contributed by atoms with Crippen LogP contribution in [-0.2, 0) is 28.6 Å². The van der Waals surface area contributed by atoms with E-state index in [4.69, 9.17) is 14.2 Å². The van der Waals surface area contributed by atoms with Crippen molar-refractivity contribution in [3.63, 3.8) is 0 Å². The second kappa shape index (κ2) is 69.1. The number of rotatable bonds is 64. The molecule has 0 aromatic rings. The Balaban J connectivity index is 4.36. The molecule has 0 saturated carbocycles. The highest BCUT2D eigenvalue weighted by molar-refractivity contribution is 5.71. The summed E-state index contributed by atoms with van der Waals surface area (Å²) in [6.07, 6.45) is 91.8. The average molecular weight is 1130 g/mol. The summed E-state index contributed by atoms with van der Waals surface area (Å²) in [7, 11) is 0. The van der Waals surface area contributed by atoms with Crippen LogP contribution in [0.1, 0.15) is 355 Å². The number of allylic oxidation sites excluding steroid dienone is 14. The predicted octanol–water partition coefficient (Wildman–Crippen LogP) is 24.2. The van der Waals surface area contributed by atoms with E-state index in [1.165, 1.54) is 199 Å². The summed E-state index contributed by atoms with van der Waals surface area (Å²) in [5.74, 6) is -0.902. The van der Waals surface area contributed by atoms with Crippen LogP contribution in [0.15, 0.2) is 85.1 Å². The highest BCUT2D eigenvalue weighted by Gasteiger charge is 2.19. The molecule has 0 amide bonds. The average Bonchev–Trinajstić information content (AvgIpc) is 3.47. The molecule has 0 radical (unpaired) electrons. The molecular weight excluding hydrogens is 997 g/mol. The summed E-state index contributed by atoms with van der Waals surface area (Å²) < 4.78 is 17.0. The number of carbonyl (C=O) groups excluding carboxylic acids is 3. The van der Waals surface area contributed by atoms with Gasteiger partial charge in [-0.05, 0) is 96.3 Å².